The largest absolute Gasteiger partial charge is 0.464 e. The molecule has 0 bridgehead atoms. The molecule has 1 aromatic carbocycles. The number of hydrogen-bond acceptors (Lipinski definition) is 6. The predicted octanol–water partition coefficient (Wildman–Crippen LogP) is 0.562. The van der Waals surface area contributed by atoms with Crippen molar-refractivity contribution in [1.82, 2.24) is 0 Å². The molecule has 0 radical (unpaired) electrons. The van der Waals surface area contributed by atoms with Gasteiger partial charge in [-0.15, -0.1) is 0 Å². The molecule has 1 amide bonds. The number of methoxy groups -OCH3 is 1. The van der Waals surface area contributed by atoms with Crippen molar-refractivity contribution in [3.8, 4) is 0 Å². The van der Waals surface area contributed by atoms with Gasteiger partial charge in [-0.1, -0.05) is 23.4 Å². The minimum absolute atomic E-state index is 0.0914. The second-order valence-electron chi connectivity index (χ2n) is 3.08. The third-order valence-corrected chi connectivity index (χ3v) is 2.07. The normalized spacial score (nSPS) is 10.7. The van der Waals surface area contributed by atoms with E-state index in [1.807, 2.05) is 0 Å². The number of benzene rings is 1. The van der Waals surface area contributed by atoms with E-state index in [-0.39, 0.29) is 23.4 Å². The van der Waals surface area contributed by atoms with Crippen molar-refractivity contribution in [2.45, 2.75) is 0 Å². The maximum Gasteiger partial charge on any atom is 0.360 e. The van der Waals surface area contributed by atoms with Crippen molar-refractivity contribution in [1.29, 1.82) is 0 Å². The Kier molecular flexibility index (Phi) is 4.82. The lowest BCUT2D eigenvalue weighted by atomic mass is 10.1. The average molecular weight is 252 g/mol. The van der Waals surface area contributed by atoms with E-state index in [0.29, 0.717) is 5.06 Å². The number of para-hydroxylation sites is 1. The maximum atomic E-state index is 11.5. The van der Waals surface area contributed by atoms with Crippen molar-refractivity contribution in [3.05, 3.63) is 29.8 Å². The fourth-order valence-electron chi connectivity index (χ4n) is 1.31. The van der Waals surface area contributed by atoms with Crippen LogP contribution in [0, 0.1) is 0 Å². The van der Waals surface area contributed by atoms with E-state index in [4.69, 9.17) is 0 Å². The molecule has 0 spiro atoms. The molecule has 0 aliphatic carbocycles. The van der Waals surface area contributed by atoms with Crippen LogP contribution >= 0.6 is 0 Å². The molecule has 1 N–H and O–H groups in total. The molecule has 7 heteroatoms. The van der Waals surface area contributed by atoms with Crippen molar-refractivity contribution < 1.29 is 24.4 Å². The van der Waals surface area contributed by atoms with Gasteiger partial charge in [-0.3, -0.25) is 10.0 Å². The summed E-state index contributed by atoms with van der Waals surface area (Å²) in [5.41, 5.74) is 0.144. The minimum Gasteiger partial charge on any atom is -0.464 e. The van der Waals surface area contributed by atoms with Gasteiger partial charge in [0.25, 0.3) is 0 Å². The molecule has 96 valence electrons. The van der Waals surface area contributed by atoms with Gasteiger partial charge in [0.15, 0.2) is 5.71 Å². The highest BCUT2D eigenvalue weighted by molar-refractivity contribution is 6.44. The zero-order chi connectivity index (χ0) is 13.5. The Balaban J connectivity index is 3.33. The predicted molar refractivity (Wildman–Crippen MR) is 62.3 cm³/mol. The number of hydroxylamine groups is 1. The smallest absolute Gasteiger partial charge is 0.360 e. The lowest BCUT2D eigenvalue weighted by molar-refractivity contribution is -0.132. The first-order valence-electron chi connectivity index (χ1n) is 4.88. The highest BCUT2D eigenvalue weighted by atomic mass is 16.6. The quantitative estimate of drug-likeness (QED) is 0.272. The van der Waals surface area contributed by atoms with E-state index in [9.17, 15) is 14.8 Å². The standard InChI is InChI=1S/C11H12N2O5/c1-17-11(15)10(12-18-2)8-5-3-4-6-9(8)13(16)7-14/h3-7,16H,1-2H3. The highest BCUT2D eigenvalue weighted by Gasteiger charge is 2.21. The monoisotopic (exact) mass is 252 g/mol. The molecule has 0 atom stereocenters. The number of anilines is 1. The van der Waals surface area contributed by atoms with Gasteiger partial charge >= 0.3 is 5.97 Å². The summed E-state index contributed by atoms with van der Waals surface area (Å²) in [6.45, 7) is 0. The van der Waals surface area contributed by atoms with E-state index in [1.165, 1.54) is 26.4 Å². The lowest BCUT2D eigenvalue weighted by Gasteiger charge is -2.13. The van der Waals surface area contributed by atoms with Crippen molar-refractivity contribution >= 4 is 23.8 Å². The Bertz CT molecular complexity index is 472. The highest BCUT2D eigenvalue weighted by Crippen LogP contribution is 2.19. The molecule has 0 saturated carbocycles. The number of oxime groups is 1. The van der Waals surface area contributed by atoms with E-state index in [0.717, 1.165) is 0 Å². The lowest BCUT2D eigenvalue weighted by Crippen LogP contribution is -2.23. The maximum absolute atomic E-state index is 11.5. The average Bonchev–Trinajstić information content (AvgIpc) is 2.43. The Labute approximate surface area is 103 Å². The van der Waals surface area contributed by atoms with E-state index in [2.05, 4.69) is 14.7 Å². The Morgan fingerprint density at radius 2 is 2.06 bits per heavy atom. The van der Waals surface area contributed by atoms with Gasteiger partial charge in [0.1, 0.15) is 7.11 Å². The number of rotatable bonds is 5. The summed E-state index contributed by atoms with van der Waals surface area (Å²) in [7, 11) is 2.45. The zero-order valence-electron chi connectivity index (χ0n) is 9.86. The summed E-state index contributed by atoms with van der Waals surface area (Å²) < 4.78 is 4.55. The van der Waals surface area contributed by atoms with Crippen LogP contribution in [0.5, 0.6) is 0 Å². The molecule has 1 aromatic rings. The first-order chi connectivity index (χ1) is 8.65. The number of carbonyl (C=O) groups is 2. The number of carbonyl (C=O) groups excluding carboxylic acids is 2. The second-order valence-corrected chi connectivity index (χ2v) is 3.08. The summed E-state index contributed by atoms with van der Waals surface area (Å²) in [5.74, 6) is -0.747. The van der Waals surface area contributed by atoms with Crippen LogP contribution in [0.3, 0.4) is 0 Å². The van der Waals surface area contributed by atoms with Gasteiger partial charge in [-0.25, -0.2) is 4.79 Å². The fraction of sp³-hybridized carbons (Fsp3) is 0.182. The first-order valence-corrected chi connectivity index (χ1v) is 4.88. The summed E-state index contributed by atoms with van der Waals surface area (Å²) >= 11 is 0. The van der Waals surface area contributed by atoms with Crippen LogP contribution in [-0.2, 0) is 19.2 Å². The second kappa shape index (κ2) is 6.36. The summed E-state index contributed by atoms with van der Waals surface area (Å²) in [5, 5.41) is 13.3. The third kappa shape index (κ3) is 2.83. The van der Waals surface area contributed by atoms with Crippen LogP contribution < -0.4 is 5.06 Å². The molecule has 18 heavy (non-hydrogen) atoms. The van der Waals surface area contributed by atoms with Crippen LogP contribution in [0.15, 0.2) is 29.4 Å². The molecule has 7 nitrogen and oxygen atoms in total. The fourth-order valence-corrected chi connectivity index (χ4v) is 1.31. The molecule has 0 aromatic heterocycles. The van der Waals surface area contributed by atoms with E-state index < -0.39 is 5.97 Å². The molecule has 0 fully saturated rings. The molecule has 0 saturated heterocycles. The van der Waals surface area contributed by atoms with Gasteiger partial charge in [-0.2, -0.15) is 5.06 Å². The SMILES string of the molecule is CON=C(C(=O)OC)c1ccccc1N(O)C=O. The van der Waals surface area contributed by atoms with Gasteiger partial charge in [-0.05, 0) is 6.07 Å². The topological polar surface area (TPSA) is 88.4 Å². The van der Waals surface area contributed by atoms with Gasteiger partial charge < -0.3 is 9.57 Å². The molecular formula is C11H12N2O5. The van der Waals surface area contributed by atoms with Crippen LogP contribution in [-0.4, -0.2) is 37.5 Å². The molecule has 1 rings (SSSR count). The Hall–Kier alpha value is -2.41. The Morgan fingerprint density at radius 3 is 2.61 bits per heavy atom. The summed E-state index contributed by atoms with van der Waals surface area (Å²) in [4.78, 5) is 26.7. The summed E-state index contributed by atoms with van der Waals surface area (Å²) in [6.07, 6.45) is 0.195. The molecule has 0 heterocycles. The first kappa shape index (κ1) is 13.7. The Morgan fingerprint density at radius 1 is 1.39 bits per heavy atom. The van der Waals surface area contributed by atoms with Gasteiger partial charge in [0.05, 0.1) is 12.8 Å². The van der Waals surface area contributed by atoms with Crippen LogP contribution in [0.4, 0.5) is 5.69 Å². The van der Waals surface area contributed by atoms with Crippen LogP contribution in [0.1, 0.15) is 5.56 Å². The number of amides is 1. The summed E-state index contributed by atoms with van der Waals surface area (Å²) in [6, 6.07) is 6.15. The van der Waals surface area contributed by atoms with Crippen molar-refractivity contribution in [3.63, 3.8) is 0 Å². The number of esters is 1. The minimum atomic E-state index is -0.747. The third-order valence-electron chi connectivity index (χ3n) is 2.07. The molecule has 0 unspecified atom stereocenters. The number of ether oxygens (including phenoxy) is 1. The molecule has 0 aliphatic rings. The number of nitrogens with zero attached hydrogens (tertiary/aromatic N) is 2. The zero-order valence-corrected chi connectivity index (χ0v) is 9.86. The van der Waals surface area contributed by atoms with Crippen LogP contribution in [0.25, 0.3) is 0 Å². The van der Waals surface area contributed by atoms with E-state index >= 15 is 0 Å². The number of hydrogen-bond donors (Lipinski definition) is 1. The molecular weight excluding hydrogens is 240 g/mol. The molecule has 0 aliphatic heterocycles. The van der Waals surface area contributed by atoms with Gasteiger partial charge in [0, 0.05) is 5.56 Å². The van der Waals surface area contributed by atoms with Crippen LogP contribution in [0.2, 0.25) is 0 Å². The van der Waals surface area contributed by atoms with Gasteiger partial charge in [0.2, 0.25) is 6.41 Å². The van der Waals surface area contributed by atoms with E-state index in [1.54, 1.807) is 12.1 Å². The van der Waals surface area contributed by atoms with Crippen molar-refractivity contribution in [2.24, 2.45) is 5.16 Å². The van der Waals surface area contributed by atoms with Crippen molar-refractivity contribution in [2.75, 3.05) is 19.3 Å².